The van der Waals surface area contributed by atoms with E-state index in [1.807, 2.05) is 12.1 Å². The van der Waals surface area contributed by atoms with Crippen molar-refractivity contribution in [1.29, 1.82) is 0 Å². The van der Waals surface area contributed by atoms with E-state index in [0.717, 1.165) is 43.3 Å². The SMILES string of the molecule is Cc1ccc(C(=O)N2CCC(CN3CCC4(CCCCO4)CC3)CC2)s1. The van der Waals surface area contributed by atoms with E-state index in [-0.39, 0.29) is 11.5 Å². The maximum atomic E-state index is 12.6. The molecule has 0 aromatic carbocycles. The molecule has 0 N–H and O–H groups in total. The van der Waals surface area contributed by atoms with Crippen LogP contribution < -0.4 is 0 Å². The van der Waals surface area contributed by atoms with Gasteiger partial charge < -0.3 is 14.5 Å². The molecule has 4 nitrogen and oxygen atoms in total. The van der Waals surface area contributed by atoms with Crippen molar-refractivity contribution in [3.05, 3.63) is 21.9 Å². The molecule has 0 radical (unpaired) electrons. The minimum absolute atomic E-state index is 0.212. The molecule has 0 aliphatic carbocycles. The van der Waals surface area contributed by atoms with Crippen molar-refractivity contribution in [2.24, 2.45) is 5.92 Å². The molecule has 1 aromatic heterocycles. The minimum Gasteiger partial charge on any atom is -0.375 e. The number of hydrogen-bond donors (Lipinski definition) is 0. The molecular weight excluding hydrogens is 344 g/mol. The summed E-state index contributed by atoms with van der Waals surface area (Å²) in [5.41, 5.74) is 0.212. The lowest BCUT2D eigenvalue weighted by Crippen LogP contribution is -2.49. The number of thiophene rings is 1. The first kappa shape index (κ1) is 18.5. The molecule has 3 aliphatic rings. The molecule has 4 heterocycles. The highest BCUT2D eigenvalue weighted by Crippen LogP contribution is 2.35. The van der Waals surface area contributed by atoms with Gasteiger partial charge in [-0.3, -0.25) is 4.79 Å². The highest BCUT2D eigenvalue weighted by atomic mass is 32.1. The number of nitrogens with zero attached hydrogens (tertiary/aromatic N) is 2. The highest BCUT2D eigenvalue weighted by Gasteiger charge is 2.37. The van der Waals surface area contributed by atoms with Crippen molar-refractivity contribution in [2.45, 2.75) is 57.5 Å². The van der Waals surface area contributed by atoms with Gasteiger partial charge in [0.15, 0.2) is 0 Å². The summed E-state index contributed by atoms with van der Waals surface area (Å²) in [4.78, 5) is 19.4. The fourth-order valence-electron chi connectivity index (χ4n) is 4.84. The van der Waals surface area contributed by atoms with Crippen molar-refractivity contribution in [3.8, 4) is 0 Å². The first-order valence-corrected chi connectivity index (χ1v) is 11.2. The summed E-state index contributed by atoms with van der Waals surface area (Å²) in [7, 11) is 0. The number of likely N-dealkylation sites (tertiary alicyclic amines) is 2. The van der Waals surface area contributed by atoms with E-state index in [0.29, 0.717) is 0 Å². The number of aryl methyl sites for hydroxylation is 1. The Kier molecular flexibility index (Phi) is 5.67. The average molecular weight is 377 g/mol. The van der Waals surface area contributed by atoms with Crippen LogP contribution in [0.25, 0.3) is 0 Å². The number of hydrogen-bond acceptors (Lipinski definition) is 4. The van der Waals surface area contributed by atoms with Crippen LogP contribution in [0.1, 0.15) is 59.5 Å². The van der Waals surface area contributed by atoms with Gasteiger partial charge >= 0.3 is 0 Å². The van der Waals surface area contributed by atoms with Crippen LogP contribution in [0, 0.1) is 12.8 Å². The molecular formula is C21H32N2O2S. The number of ether oxygens (including phenoxy) is 1. The number of carbonyl (C=O) groups is 1. The molecule has 3 saturated heterocycles. The Morgan fingerprint density at radius 1 is 1.15 bits per heavy atom. The molecule has 144 valence electrons. The van der Waals surface area contributed by atoms with Crippen LogP contribution in [-0.4, -0.2) is 60.6 Å². The summed E-state index contributed by atoms with van der Waals surface area (Å²) < 4.78 is 6.16. The van der Waals surface area contributed by atoms with Gasteiger partial charge in [-0.2, -0.15) is 0 Å². The summed E-state index contributed by atoms with van der Waals surface area (Å²) in [6.07, 6.45) is 8.57. The number of carbonyl (C=O) groups excluding carboxylic acids is 1. The van der Waals surface area contributed by atoms with Crippen molar-refractivity contribution >= 4 is 17.2 Å². The van der Waals surface area contributed by atoms with Gasteiger partial charge in [0.1, 0.15) is 0 Å². The van der Waals surface area contributed by atoms with Gasteiger partial charge in [0.05, 0.1) is 10.5 Å². The Labute approximate surface area is 161 Å². The van der Waals surface area contributed by atoms with Gasteiger partial charge in [-0.25, -0.2) is 0 Å². The normalized spacial score (nSPS) is 24.9. The van der Waals surface area contributed by atoms with E-state index in [4.69, 9.17) is 4.74 Å². The number of piperidine rings is 2. The topological polar surface area (TPSA) is 32.8 Å². The summed E-state index contributed by atoms with van der Waals surface area (Å²) in [6.45, 7) is 8.45. The average Bonchev–Trinajstić information content (AvgIpc) is 3.11. The van der Waals surface area contributed by atoms with E-state index in [1.165, 1.54) is 56.6 Å². The molecule has 0 bridgehead atoms. The molecule has 0 saturated carbocycles. The van der Waals surface area contributed by atoms with Crippen LogP contribution in [0.3, 0.4) is 0 Å². The van der Waals surface area contributed by atoms with Gasteiger partial charge in [0.2, 0.25) is 0 Å². The second-order valence-electron chi connectivity index (χ2n) is 8.44. The third-order valence-corrected chi connectivity index (χ3v) is 7.56. The van der Waals surface area contributed by atoms with E-state index >= 15 is 0 Å². The molecule has 1 aromatic rings. The quantitative estimate of drug-likeness (QED) is 0.801. The fourth-order valence-corrected chi connectivity index (χ4v) is 5.67. The van der Waals surface area contributed by atoms with Gasteiger partial charge in [-0.1, -0.05) is 0 Å². The summed E-state index contributed by atoms with van der Waals surface area (Å²) in [6, 6.07) is 4.02. The highest BCUT2D eigenvalue weighted by molar-refractivity contribution is 7.13. The van der Waals surface area contributed by atoms with E-state index in [2.05, 4.69) is 16.7 Å². The summed E-state index contributed by atoms with van der Waals surface area (Å²) in [5.74, 6) is 0.973. The zero-order valence-corrected chi connectivity index (χ0v) is 16.9. The molecule has 4 rings (SSSR count). The van der Waals surface area contributed by atoms with Crippen LogP contribution in [0.2, 0.25) is 0 Å². The zero-order chi connectivity index (χ0) is 18.0. The van der Waals surface area contributed by atoms with E-state index in [1.54, 1.807) is 11.3 Å². The van der Waals surface area contributed by atoms with Crippen LogP contribution in [0.15, 0.2) is 12.1 Å². The van der Waals surface area contributed by atoms with Crippen LogP contribution >= 0.6 is 11.3 Å². The molecule has 1 spiro atoms. The lowest BCUT2D eigenvalue weighted by molar-refractivity contribution is -0.112. The van der Waals surface area contributed by atoms with E-state index < -0.39 is 0 Å². The first-order chi connectivity index (χ1) is 12.6. The van der Waals surface area contributed by atoms with Crippen molar-refractivity contribution in [2.75, 3.05) is 39.3 Å². The zero-order valence-electron chi connectivity index (χ0n) is 16.0. The summed E-state index contributed by atoms with van der Waals surface area (Å²) >= 11 is 1.62. The fraction of sp³-hybridized carbons (Fsp3) is 0.762. The van der Waals surface area contributed by atoms with Gasteiger partial charge in [0.25, 0.3) is 5.91 Å². The largest absolute Gasteiger partial charge is 0.375 e. The maximum Gasteiger partial charge on any atom is 0.263 e. The number of rotatable bonds is 3. The first-order valence-electron chi connectivity index (χ1n) is 10.4. The van der Waals surface area contributed by atoms with Crippen molar-refractivity contribution in [1.82, 2.24) is 9.80 Å². The lowest BCUT2D eigenvalue weighted by atomic mass is 9.84. The van der Waals surface area contributed by atoms with Crippen LogP contribution in [0.5, 0.6) is 0 Å². The van der Waals surface area contributed by atoms with Gasteiger partial charge in [0, 0.05) is 44.2 Å². The Morgan fingerprint density at radius 3 is 2.54 bits per heavy atom. The molecule has 26 heavy (non-hydrogen) atoms. The van der Waals surface area contributed by atoms with Crippen molar-refractivity contribution in [3.63, 3.8) is 0 Å². The molecule has 1 amide bonds. The third kappa shape index (κ3) is 4.15. The Bertz CT molecular complexity index is 605. The predicted molar refractivity (Wildman–Crippen MR) is 106 cm³/mol. The second kappa shape index (κ2) is 7.99. The molecule has 0 atom stereocenters. The van der Waals surface area contributed by atoms with Gasteiger partial charge in [-0.15, -0.1) is 11.3 Å². The number of amides is 1. The molecule has 5 heteroatoms. The lowest BCUT2D eigenvalue weighted by Gasteiger charge is -2.45. The van der Waals surface area contributed by atoms with Crippen LogP contribution in [-0.2, 0) is 4.74 Å². The Morgan fingerprint density at radius 2 is 1.92 bits per heavy atom. The van der Waals surface area contributed by atoms with Crippen molar-refractivity contribution < 1.29 is 9.53 Å². The maximum absolute atomic E-state index is 12.6. The standard InChI is InChI=1S/C21H32N2O2S/c1-17-4-5-19(26-17)20(24)23-11-6-18(7-12-23)16-22-13-9-21(10-14-22)8-2-3-15-25-21/h4-5,18H,2-3,6-16H2,1H3. The predicted octanol–water partition coefficient (Wildman–Crippen LogP) is 3.94. The second-order valence-corrected chi connectivity index (χ2v) is 9.72. The smallest absolute Gasteiger partial charge is 0.263 e. The van der Waals surface area contributed by atoms with Crippen LogP contribution in [0.4, 0.5) is 0 Å². The molecule has 3 aliphatic heterocycles. The molecule has 3 fully saturated rings. The third-order valence-electron chi connectivity index (χ3n) is 6.57. The minimum atomic E-state index is 0.212. The summed E-state index contributed by atoms with van der Waals surface area (Å²) in [5, 5.41) is 0. The molecule has 0 unspecified atom stereocenters. The van der Waals surface area contributed by atoms with Gasteiger partial charge in [-0.05, 0) is 69.9 Å². The Balaban J connectivity index is 1.21. The Hall–Kier alpha value is -0.910. The monoisotopic (exact) mass is 376 g/mol. The van der Waals surface area contributed by atoms with E-state index in [9.17, 15) is 4.79 Å².